The topological polar surface area (TPSA) is 63.6 Å². The second-order valence-corrected chi connectivity index (χ2v) is 3.62. The number of benzene rings is 1. The average Bonchev–Trinajstić information content (AvgIpc) is 2.37. The van der Waals surface area contributed by atoms with E-state index in [9.17, 15) is 22.8 Å². The lowest BCUT2D eigenvalue weighted by molar-refractivity contribution is -0.139. The number of rotatable bonds is 2. The minimum Gasteiger partial charge on any atom is -0.478 e. The molecule has 1 rings (SSSR count). The Morgan fingerprint density at radius 2 is 2.00 bits per heavy atom. The van der Waals surface area contributed by atoms with E-state index >= 15 is 0 Å². The number of aromatic carboxylic acids is 1. The quantitative estimate of drug-likeness (QED) is 0.669. The monoisotopic (exact) mass is 286 g/mol. The van der Waals surface area contributed by atoms with Crippen LogP contribution in [0.2, 0.25) is 0 Å². The van der Waals surface area contributed by atoms with Gasteiger partial charge in [-0.2, -0.15) is 13.2 Å². The fourth-order valence-corrected chi connectivity index (χ4v) is 1.30. The lowest BCUT2D eigenvalue weighted by atomic mass is 10.0. The molecule has 0 saturated heterocycles. The summed E-state index contributed by atoms with van der Waals surface area (Å²) < 4.78 is 42.7. The van der Waals surface area contributed by atoms with E-state index < -0.39 is 34.8 Å². The minimum absolute atomic E-state index is 0.353. The van der Waals surface area contributed by atoms with Gasteiger partial charge in [0.25, 0.3) is 0 Å². The third kappa shape index (κ3) is 4.02. The van der Waals surface area contributed by atoms with Crippen LogP contribution in [0.1, 0.15) is 27.9 Å². The normalized spacial score (nSPS) is 10.4. The Bertz CT molecular complexity index is 594. The van der Waals surface area contributed by atoms with Crippen molar-refractivity contribution in [1.29, 1.82) is 0 Å². The predicted molar refractivity (Wildman–Crippen MR) is 61.9 cm³/mol. The molecule has 1 aromatic rings. The number of halogens is 3. The molecule has 0 aromatic heterocycles. The highest BCUT2D eigenvalue weighted by Gasteiger charge is 2.33. The Morgan fingerprint density at radius 1 is 1.35 bits per heavy atom. The molecule has 0 heterocycles. The molecule has 7 heteroatoms. The molecule has 0 spiro atoms. The summed E-state index contributed by atoms with van der Waals surface area (Å²) in [5.41, 5.74) is -2.04. The largest absolute Gasteiger partial charge is 0.478 e. The molecule has 0 aliphatic rings. The molecule has 0 fully saturated rings. The Balaban J connectivity index is 3.19. The van der Waals surface area contributed by atoms with Crippen molar-refractivity contribution in [2.24, 2.45) is 0 Å². The fourth-order valence-electron chi connectivity index (χ4n) is 1.30. The van der Waals surface area contributed by atoms with Gasteiger partial charge >= 0.3 is 18.1 Å². The molecular weight excluding hydrogens is 277 g/mol. The van der Waals surface area contributed by atoms with Gasteiger partial charge in [0.05, 0.1) is 18.2 Å². The van der Waals surface area contributed by atoms with Crippen LogP contribution in [0.5, 0.6) is 0 Å². The van der Waals surface area contributed by atoms with Crippen LogP contribution in [0.4, 0.5) is 13.2 Å². The van der Waals surface area contributed by atoms with E-state index in [4.69, 9.17) is 5.11 Å². The SMILES string of the molecule is COC(=O)CC#Cc1ccc(C(=O)O)cc1C(F)(F)F. The summed E-state index contributed by atoms with van der Waals surface area (Å²) in [6.07, 6.45) is -5.09. The molecule has 1 aromatic carbocycles. The Kier molecular flexibility index (Phi) is 4.75. The molecule has 20 heavy (non-hydrogen) atoms. The number of carbonyl (C=O) groups is 2. The summed E-state index contributed by atoms with van der Waals surface area (Å²) in [6.45, 7) is 0. The third-order valence-electron chi connectivity index (χ3n) is 2.26. The summed E-state index contributed by atoms with van der Waals surface area (Å²) in [5.74, 6) is 2.29. The van der Waals surface area contributed by atoms with Crippen LogP contribution in [0.3, 0.4) is 0 Å². The van der Waals surface area contributed by atoms with Gasteiger partial charge in [-0.1, -0.05) is 11.8 Å². The lowest BCUT2D eigenvalue weighted by Gasteiger charge is -2.09. The zero-order chi connectivity index (χ0) is 15.3. The van der Waals surface area contributed by atoms with Crippen molar-refractivity contribution in [3.05, 3.63) is 34.9 Å². The first-order valence-electron chi connectivity index (χ1n) is 5.26. The molecule has 0 atom stereocenters. The zero-order valence-corrected chi connectivity index (χ0v) is 10.2. The first-order chi connectivity index (χ1) is 9.25. The smallest absolute Gasteiger partial charge is 0.417 e. The maximum atomic E-state index is 12.8. The second kappa shape index (κ2) is 6.10. The van der Waals surface area contributed by atoms with Gasteiger partial charge in [0, 0.05) is 5.56 Å². The van der Waals surface area contributed by atoms with E-state index in [-0.39, 0.29) is 6.42 Å². The van der Waals surface area contributed by atoms with Crippen LogP contribution in [-0.2, 0) is 15.7 Å². The molecule has 4 nitrogen and oxygen atoms in total. The van der Waals surface area contributed by atoms with Crippen LogP contribution >= 0.6 is 0 Å². The molecular formula is C13H9F3O4. The number of ether oxygens (including phenoxy) is 1. The lowest BCUT2D eigenvalue weighted by Crippen LogP contribution is -2.10. The molecule has 106 valence electrons. The van der Waals surface area contributed by atoms with E-state index in [1.54, 1.807) is 0 Å². The van der Waals surface area contributed by atoms with Crippen LogP contribution in [0.15, 0.2) is 18.2 Å². The Labute approximate surface area is 112 Å². The Hall–Kier alpha value is -2.49. The second-order valence-electron chi connectivity index (χ2n) is 3.62. The highest BCUT2D eigenvalue weighted by Crippen LogP contribution is 2.32. The summed E-state index contributed by atoms with van der Waals surface area (Å²) in [7, 11) is 1.13. The van der Waals surface area contributed by atoms with Crippen molar-refractivity contribution in [3.8, 4) is 11.8 Å². The van der Waals surface area contributed by atoms with Crippen molar-refractivity contribution in [3.63, 3.8) is 0 Å². The van der Waals surface area contributed by atoms with Crippen LogP contribution in [0.25, 0.3) is 0 Å². The van der Waals surface area contributed by atoms with Crippen molar-refractivity contribution in [2.75, 3.05) is 7.11 Å². The van der Waals surface area contributed by atoms with Gasteiger partial charge in [-0.3, -0.25) is 4.79 Å². The molecule has 0 radical (unpaired) electrons. The summed E-state index contributed by atoms with van der Waals surface area (Å²) >= 11 is 0. The first kappa shape index (κ1) is 15.6. The highest BCUT2D eigenvalue weighted by atomic mass is 19.4. The number of methoxy groups -OCH3 is 1. The molecule has 0 aliphatic carbocycles. The van der Waals surface area contributed by atoms with E-state index in [0.717, 1.165) is 19.2 Å². The van der Waals surface area contributed by atoms with E-state index in [1.165, 1.54) is 0 Å². The number of hydrogen-bond acceptors (Lipinski definition) is 3. The molecule has 0 aliphatic heterocycles. The maximum Gasteiger partial charge on any atom is 0.417 e. The molecule has 0 amide bonds. The first-order valence-corrected chi connectivity index (χ1v) is 5.26. The van der Waals surface area contributed by atoms with Gasteiger partial charge in [0.1, 0.15) is 6.42 Å². The summed E-state index contributed by atoms with van der Waals surface area (Å²) in [4.78, 5) is 21.5. The third-order valence-corrected chi connectivity index (χ3v) is 2.26. The van der Waals surface area contributed by atoms with Crippen LogP contribution in [0, 0.1) is 11.8 Å². The number of hydrogen-bond donors (Lipinski definition) is 1. The standard InChI is InChI=1S/C13H9F3O4/c1-20-11(17)4-2-3-8-5-6-9(12(18)19)7-10(8)13(14,15)16/h5-7H,4H2,1H3,(H,18,19). The number of alkyl halides is 3. The molecule has 0 bridgehead atoms. The van der Waals surface area contributed by atoms with E-state index in [1.807, 2.05) is 0 Å². The van der Waals surface area contributed by atoms with Gasteiger partial charge < -0.3 is 9.84 Å². The molecule has 0 unspecified atom stereocenters. The molecule has 0 saturated carbocycles. The number of esters is 1. The number of carboxylic acid groups (broad SMARTS) is 1. The van der Waals surface area contributed by atoms with Gasteiger partial charge in [-0.25, -0.2) is 4.79 Å². The Morgan fingerprint density at radius 3 is 2.50 bits per heavy atom. The van der Waals surface area contributed by atoms with Crippen LogP contribution < -0.4 is 0 Å². The van der Waals surface area contributed by atoms with Crippen molar-refractivity contribution >= 4 is 11.9 Å². The fraction of sp³-hybridized carbons (Fsp3) is 0.231. The van der Waals surface area contributed by atoms with Gasteiger partial charge in [-0.05, 0) is 18.2 Å². The number of carbonyl (C=O) groups excluding carboxylic acids is 1. The molecule has 1 N–H and O–H groups in total. The van der Waals surface area contributed by atoms with Crippen molar-refractivity contribution in [2.45, 2.75) is 12.6 Å². The van der Waals surface area contributed by atoms with Gasteiger partial charge in [0.2, 0.25) is 0 Å². The summed E-state index contributed by atoms with van der Waals surface area (Å²) in [5, 5.41) is 8.68. The average molecular weight is 286 g/mol. The van der Waals surface area contributed by atoms with Crippen molar-refractivity contribution < 1.29 is 32.6 Å². The highest BCUT2D eigenvalue weighted by molar-refractivity contribution is 5.88. The summed E-state index contributed by atoms with van der Waals surface area (Å²) in [6, 6.07) is 2.47. The predicted octanol–water partition coefficient (Wildman–Crippen LogP) is 2.32. The minimum atomic E-state index is -4.74. The van der Waals surface area contributed by atoms with E-state index in [2.05, 4.69) is 16.6 Å². The van der Waals surface area contributed by atoms with Crippen molar-refractivity contribution in [1.82, 2.24) is 0 Å². The zero-order valence-electron chi connectivity index (χ0n) is 10.2. The van der Waals surface area contributed by atoms with Gasteiger partial charge in [0.15, 0.2) is 0 Å². The number of carboxylic acids is 1. The van der Waals surface area contributed by atoms with Gasteiger partial charge in [-0.15, -0.1) is 0 Å². The van der Waals surface area contributed by atoms with E-state index in [0.29, 0.717) is 6.07 Å². The maximum absolute atomic E-state index is 12.8. The van der Waals surface area contributed by atoms with Crippen LogP contribution in [-0.4, -0.2) is 24.2 Å².